The van der Waals surface area contributed by atoms with Gasteiger partial charge in [0.05, 0.1) is 10.0 Å². The first-order valence-corrected chi connectivity index (χ1v) is 12.3. The molecule has 0 aliphatic carbocycles. The molecule has 3 aromatic rings. The maximum absolute atomic E-state index is 12.8. The summed E-state index contributed by atoms with van der Waals surface area (Å²) in [5.74, 6) is -0.828. The molecule has 0 aromatic heterocycles. The van der Waals surface area contributed by atoms with E-state index in [9.17, 15) is 14.4 Å². The van der Waals surface area contributed by atoms with Crippen LogP contribution >= 0.6 is 39.1 Å². The molecule has 0 atom stereocenters. The molecule has 184 valence electrons. The van der Waals surface area contributed by atoms with E-state index in [1.165, 1.54) is 6.08 Å². The lowest BCUT2D eigenvalue weighted by molar-refractivity contribution is -0.127. The smallest absolute Gasteiger partial charge is 0.329 e. The van der Waals surface area contributed by atoms with E-state index in [0.717, 1.165) is 20.5 Å². The molecule has 7 nitrogen and oxygen atoms in total. The monoisotopic (exact) mass is 587 g/mol. The van der Waals surface area contributed by atoms with E-state index in [2.05, 4.69) is 26.6 Å². The number of urea groups is 1. The van der Waals surface area contributed by atoms with Crippen LogP contribution in [0.5, 0.6) is 5.75 Å². The lowest BCUT2D eigenvalue weighted by atomic mass is 10.1. The van der Waals surface area contributed by atoms with Gasteiger partial charge in [-0.15, -0.1) is 0 Å². The molecule has 3 aromatic carbocycles. The molecule has 36 heavy (non-hydrogen) atoms. The van der Waals surface area contributed by atoms with Crippen molar-refractivity contribution < 1.29 is 19.1 Å². The van der Waals surface area contributed by atoms with Crippen LogP contribution in [-0.4, -0.2) is 29.3 Å². The number of ether oxygens (including phenoxy) is 1. The van der Waals surface area contributed by atoms with Crippen LogP contribution < -0.4 is 15.4 Å². The summed E-state index contributed by atoms with van der Waals surface area (Å²) < 4.78 is 6.74. The highest BCUT2D eigenvalue weighted by Crippen LogP contribution is 2.35. The van der Waals surface area contributed by atoms with E-state index in [1.807, 2.05) is 37.3 Å². The van der Waals surface area contributed by atoms with Gasteiger partial charge in [-0.25, -0.2) is 9.69 Å². The van der Waals surface area contributed by atoms with Crippen molar-refractivity contribution in [3.63, 3.8) is 0 Å². The lowest BCUT2D eigenvalue weighted by Crippen LogP contribution is -2.38. The van der Waals surface area contributed by atoms with E-state index in [1.54, 1.807) is 30.3 Å². The zero-order valence-corrected chi connectivity index (χ0v) is 22.1. The minimum Gasteiger partial charge on any atom is -0.486 e. The highest BCUT2D eigenvalue weighted by atomic mass is 79.9. The highest BCUT2D eigenvalue weighted by molar-refractivity contribution is 9.10. The maximum Gasteiger partial charge on any atom is 0.329 e. The highest BCUT2D eigenvalue weighted by Gasteiger charge is 2.35. The minimum atomic E-state index is -0.697. The van der Waals surface area contributed by atoms with Crippen molar-refractivity contribution in [2.75, 3.05) is 11.9 Å². The average molecular weight is 589 g/mol. The lowest BCUT2D eigenvalue weighted by Gasteiger charge is -2.12. The predicted molar refractivity (Wildman–Crippen MR) is 143 cm³/mol. The number of benzene rings is 3. The minimum absolute atomic E-state index is 0.000908. The van der Waals surface area contributed by atoms with Gasteiger partial charge in [0, 0.05) is 10.2 Å². The van der Waals surface area contributed by atoms with Gasteiger partial charge in [-0.2, -0.15) is 0 Å². The third kappa shape index (κ3) is 6.26. The average Bonchev–Trinajstić information content (AvgIpc) is 3.07. The van der Waals surface area contributed by atoms with Crippen LogP contribution in [0.3, 0.4) is 0 Å². The predicted octanol–water partition coefficient (Wildman–Crippen LogP) is 6.17. The van der Waals surface area contributed by atoms with E-state index in [4.69, 9.17) is 27.9 Å². The Morgan fingerprint density at radius 2 is 1.78 bits per heavy atom. The molecule has 1 aliphatic rings. The maximum atomic E-state index is 12.8. The Balaban J connectivity index is 1.43. The SMILES string of the molecule is Cc1cccc(NC(=O)CN2C(=O)N/C(=C/c3cc(Cl)c(OCc4ccc(Br)cc4)c(Cl)c3)C2=O)c1. The molecule has 0 radical (unpaired) electrons. The van der Waals surface area contributed by atoms with Crippen LogP contribution in [0.15, 0.2) is 70.8 Å². The van der Waals surface area contributed by atoms with Crippen molar-refractivity contribution in [3.8, 4) is 5.75 Å². The molecule has 2 N–H and O–H groups in total. The third-order valence-electron chi connectivity index (χ3n) is 5.19. The summed E-state index contributed by atoms with van der Waals surface area (Å²) in [7, 11) is 0. The zero-order chi connectivity index (χ0) is 25.8. The Morgan fingerprint density at radius 1 is 1.08 bits per heavy atom. The summed E-state index contributed by atoms with van der Waals surface area (Å²) >= 11 is 16.1. The summed E-state index contributed by atoms with van der Waals surface area (Å²) in [5.41, 5.74) is 2.96. The van der Waals surface area contributed by atoms with Crippen LogP contribution in [0, 0.1) is 6.92 Å². The van der Waals surface area contributed by atoms with Gasteiger partial charge in [0.2, 0.25) is 5.91 Å². The number of imide groups is 1. The molecule has 0 saturated carbocycles. The standard InChI is InChI=1S/C26H20BrCl2N3O4/c1-15-3-2-4-19(9-15)30-23(33)13-32-25(34)22(31-26(32)35)12-17-10-20(28)24(21(29)11-17)36-14-16-5-7-18(27)8-6-16/h2-12H,13-14H2,1H3,(H,30,33)(H,31,35)/b22-12+. The van der Waals surface area contributed by atoms with Gasteiger partial charge in [0.25, 0.3) is 5.91 Å². The Labute approximate surface area is 226 Å². The second-order valence-corrected chi connectivity index (χ2v) is 9.76. The van der Waals surface area contributed by atoms with Gasteiger partial charge in [0.15, 0.2) is 5.75 Å². The van der Waals surface area contributed by atoms with Crippen molar-refractivity contribution in [1.29, 1.82) is 0 Å². The van der Waals surface area contributed by atoms with E-state index < -0.39 is 24.4 Å². The van der Waals surface area contributed by atoms with E-state index >= 15 is 0 Å². The van der Waals surface area contributed by atoms with Crippen LogP contribution in [0.4, 0.5) is 10.5 Å². The molecule has 1 heterocycles. The summed E-state index contributed by atoms with van der Waals surface area (Å²) in [6.45, 7) is 1.73. The number of carbonyl (C=O) groups is 3. The number of amides is 4. The molecule has 1 aliphatic heterocycles. The Hall–Kier alpha value is -3.33. The summed E-state index contributed by atoms with van der Waals surface area (Å²) in [4.78, 5) is 38.4. The molecule has 4 amide bonds. The van der Waals surface area contributed by atoms with E-state index in [-0.39, 0.29) is 22.3 Å². The van der Waals surface area contributed by atoms with Gasteiger partial charge >= 0.3 is 6.03 Å². The topological polar surface area (TPSA) is 87.7 Å². The number of hydrogen-bond donors (Lipinski definition) is 2. The largest absolute Gasteiger partial charge is 0.486 e. The van der Waals surface area contributed by atoms with Crippen molar-refractivity contribution in [2.24, 2.45) is 0 Å². The second kappa shape index (κ2) is 11.2. The van der Waals surface area contributed by atoms with Crippen LogP contribution in [0.2, 0.25) is 10.0 Å². The molecular weight excluding hydrogens is 569 g/mol. The fourth-order valence-electron chi connectivity index (χ4n) is 3.49. The Bertz CT molecular complexity index is 1350. The van der Waals surface area contributed by atoms with Gasteiger partial charge in [-0.3, -0.25) is 9.59 Å². The number of aryl methyl sites for hydroxylation is 1. The fourth-order valence-corrected chi connectivity index (χ4v) is 4.36. The van der Waals surface area contributed by atoms with Gasteiger partial charge in [-0.05, 0) is 66.1 Å². The molecule has 0 bridgehead atoms. The zero-order valence-electron chi connectivity index (χ0n) is 19.0. The quantitative estimate of drug-likeness (QED) is 0.255. The van der Waals surface area contributed by atoms with Crippen LogP contribution in [0.1, 0.15) is 16.7 Å². The first-order valence-electron chi connectivity index (χ1n) is 10.8. The van der Waals surface area contributed by atoms with Gasteiger partial charge < -0.3 is 15.4 Å². The van der Waals surface area contributed by atoms with Gasteiger partial charge in [0.1, 0.15) is 18.8 Å². The molecular formula is C26H20BrCl2N3O4. The van der Waals surface area contributed by atoms with Crippen LogP contribution in [-0.2, 0) is 16.2 Å². The summed E-state index contributed by atoms with van der Waals surface area (Å²) in [6.07, 6.45) is 1.44. The Morgan fingerprint density at radius 3 is 2.44 bits per heavy atom. The number of anilines is 1. The number of hydrogen-bond acceptors (Lipinski definition) is 4. The number of halogens is 3. The molecule has 10 heteroatoms. The van der Waals surface area contributed by atoms with Crippen molar-refractivity contribution >= 4 is 68.7 Å². The van der Waals surface area contributed by atoms with Crippen LogP contribution in [0.25, 0.3) is 6.08 Å². The van der Waals surface area contributed by atoms with Crippen molar-refractivity contribution in [1.82, 2.24) is 10.2 Å². The summed E-state index contributed by atoms with van der Waals surface area (Å²) in [6, 6.07) is 17.3. The normalized spacial score (nSPS) is 14.2. The molecule has 1 fully saturated rings. The third-order valence-corrected chi connectivity index (χ3v) is 6.28. The van der Waals surface area contributed by atoms with Gasteiger partial charge in [-0.1, -0.05) is 63.4 Å². The number of nitrogens with one attached hydrogen (secondary N) is 2. The second-order valence-electron chi connectivity index (χ2n) is 8.03. The van der Waals surface area contributed by atoms with E-state index in [0.29, 0.717) is 17.0 Å². The molecule has 0 unspecified atom stereocenters. The Kier molecular flexibility index (Phi) is 7.98. The molecule has 1 saturated heterocycles. The molecule has 0 spiro atoms. The summed E-state index contributed by atoms with van der Waals surface area (Å²) in [5, 5.41) is 5.66. The van der Waals surface area contributed by atoms with Crippen molar-refractivity contribution in [2.45, 2.75) is 13.5 Å². The molecule has 4 rings (SSSR count). The van der Waals surface area contributed by atoms with Crippen molar-refractivity contribution in [3.05, 3.63) is 97.6 Å². The first kappa shape index (κ1) is 25.8. The first-order chi connectivity index (χ1) is 17.2. The fraction of sp³-hybridized carbons (Fsp3) is 0.115. The number of nitrogens with zero attached hydrogens (tertiary/aromatic N) is 1. The number of rotatable bonds is 7. The number of carbonyl (C=O) groups excluding carboxylic acids is 3.